The second-order valence-corrected chi connectivity index (χ2v) is 5.65. The maximum absolute atomic E-state index is 12.7. The van der Waals surface area contributed by atoms with E-state index in [1.807, 2.05) is 37.3 Å². The minimum atomic E-state index is -0.616. The summed E-state index contributed by atoms with van der Waals surface area (Å²) in [6.07, 6.45) is 2.94. The molecule has 5 heteroatoms. The van der Waals surface area contributed by atoms with Crippen LogP contribution in [-0.2, 0) is 9.59 Å². The molecule has 1 fully saturated rings. The number of hydrogen-bond donors (Lipinski definition) is 2. The molecule has 0 saturated carbocycles. The molecule has 2 atom stereocenters. The molecule has 0 bridgehead atoms. The van der Waals surface area contributed by atoms with E-state index < -0.39 is 6.04 Å². The molecule has 0 radical (unpaired) electrons. The van der Waals surface area contributed by atoms with Gasteiger partial charge in [-0.3, -0.25) is 9.59 Å². The number of carbonyl (C=O) groups is 2. The van der Waals surface area contributed by atoms with E-state index in [1.165, 1.54) is 0 Å². The van der Waals surface area contributed by atoms with Gasteiger partial charge in [-0.25, -0.2) is 0 Å². The third-order valence-electron chi connectivity index (χ3n) is 4.09. The monoisotopic (exact) mass is 304 g/mol. The number of rotatable bonds is 6. The predicted octanol–water partition coefficient (Wildman–Crippen LogP) is 1.63. The maximum Gasteiger partial charge on any atom is 0.247 e. The molecule has 1 aromatic rings. The summed E-state index contributed by atoms with van der Waals surface area (Å²) in [6.45, 7) is 2.41. The largest absolute Gasteiger partial charge is 0.394 e. The molecule has 2 rings (SSSR count). The highest BCUT2D eigenvalue weighted by Crippen LogP contribution is 2.26. The number of likely N-dealkylation sites (tertiary alicyclic amines) is 1. The molecule has 1 aliphatic heterocycles. The molecule has 0 spiro atoms. The van der Waals surface area contributed by atoms with Crippen LogP contribution in [0.3, 0.4) is 0 Å². The topological polar surface area (TPSA) is 69.6 Å². The van der Waals surface area contributed by atoms with Gasteiger partial charge < -0.3 is 15.3 Å². The standard InChI is InChI=1S/C17H24N2O3/c1-2-14(12-20)18-17(22)16(13-8-4-3-5-9-13)19-11-7-6-10-15(19)21/h3-5,8-9,14,16,20H,2,6-7,10-12H2,1H3,(H,18,22). The Morgan fingerprint density at radius 2 is 2.05 bits per heavy atom. The van der Waals surface area contributed by atoms with E-state index in [-0.39, 0.29) is 24.5 Å². The number of nitrogens with zero attached hydrogens (tertiary/aromatic N) is 1. The van der Waals surface area contributed by atoms with Crippen LogP contribution in [0.25, 0.3) is 0 Å². The lowest BCUT2D eigenvalue weighted by Gasteiger charge is -2.34. The third kappa shape index (κ3) is 3.85. The van der Waals surface area contributed by atoms with Crippen molar-refractivity contribution in [2.24, 2.45) is 0 Å². The van der Waals surface area contributed by atoms with Crippen molar-refractivity contribution in [1.82, 2.24) is 10.2 Å². The Morgan fingerprint density at radius 1 is 1.32 bits per heavy atom. The van der Waals surface area contributed by atoms with Crippen LogP contribution in [-0.4, -0.2) is 41.0 Å². The molecular formula is C17H24N2O3. The molecule has 1 saturated heterocycles. The lowest BCUT2D eigenvalue weighted by molar-refractivity contribution is -0.143. The Morgan fingerprint density at radius 3 is 2.64 bits per heavy atom. The smallest absolute Gasteiger partial charge is 0.247 e. The van der Waals surface area contributed by atoms with Crippen molar-refractivity contribution in [3.05, 3.63) is 35.9 Å². The first kappa shape index (κ1) is 16.5. The van der Waals surface area contributed by atoms with Crippen molar-refractivity contribution in [3.8, 4) is 0 Å². The second kappa shape index (κ2) is 7.94. The van der Waals surface area contributed by atoms with E-state index in [9.17, 15) is 14.7 Å². The zero-order valence-electron chi connectivity index (χ0n) is 13.0. The number of nitrogens with one attached hydrogen (secondary N) is 1. The molecule has 0 aliphatic carbocycles. The average molecular weight is 304 g/mol. The van der Waals surface area contributed by atoms with Crippen molar-refractivity contribution in [1.29, 1.82) is 0 Å². The maximum atomic E-state index is 12.7. The fourth-order valence-electron chi connectivity index (χ4n) is 2.76. The highest BCUT2D eigenvalue weighted by Gasteiger charge is 2.33. The van der Waals surface area contributed by atoms with Crippen LogP contribution in [0.4, 0.5) is 0 Å². The minimum Gasteiger partial charge on any atom is -0.394 e. The zero-order chi connectivity index (χ0) is 15.9. The van der Waals surface area contributed by atoms with Gasteiger partial charge in [-0.15, -0.1) is 0 Å². The summed E-state index contributed by atoms with van der Waals surface area (Å²) in [5, 5.41) is 12.1. The summed E-state index contributed by atoms with van der Waals surface area (Å²) in [4.78, 5) is 26.6. The van der Waals surface area contributed by atoms with Crippen LogP contribution >= 0.6 is 0 Å². The van der Waals surface area contributed by atoms with E-state index in [1.54, 1.807) is 4.90 Å². The number of piperidine rings is 1. The first-order chi connectivity index (χ1) is 10.7. The molecule has 0 aromatic heterocycles. The summed E-state index contributed by atoms with van der Waals surface area (Å²) in [7, 11) is 0. The van der Waals surface area contributed by atoms with Crippen molar-refractivity contribution >= 4 is 11.8 Å². The van der Waals surface area contributed by atoms with Gasteiger partial charge in [-0.05, 0) is 24.8 Å². The van der Waals surface area contributed by atoms with Gasteiger partial charge in [0, 0.05) is 13.0 Å². The fraction of sp³-hybridized carbons (Fsp3) is 0.529. The number of carbonyl (C=O) groups excluding carboxylic acids is 2. The lowest BCUT2D eigenvalue weighted by Crippen LogP contribution is -2.48. The van der Waals surface area contributed by atoms with Gasteiger partial charge in [0.25, 0.3) is 0 Å². The van der Waals surface area contributed by atoms with Gasteiger partial charge in [0.05, 0.1) is 12.6 Å². The zero-order valence-corrected chi connectivity index (χ0v) is 13.0. The number of aliphatic hydroxyl groups is 1. The summed E-state index contributed by atoms with van der Waals surface area (Å²) in [6, 6.07) is 8.46. The molecule has 22 heavy (non-hydrogen) atoms. The minimum absolute atomic E-state index is 0.0206. The molecule has 2 N–H and O–H groups in total. The van der Waals surface area contributed by atoms with Gasteiger partial charge in [0.2, 0.25) is 11.8 Å². The van der Waals surface area contributed by atoms with Crippen molar-refractivity contribution in [2.75, 3.05) is 13.2 Å². The van der Waals surface area contributed by atoms with Crippen molar-refractivity contribution in [2.45, 2.75) is 44.7 Å². The molecule has 2 unspecified atom stereocenters. The van der Waals surface area contributed by atoms with E-state index in [0.29, 0.717) is 19.4 Å². The highest BCUT2D eigenvalue weighted by atomic mass is 16.3. The van der Waals surface area contributed by atoms with E-state index in [0.717, 1.165) is 18.4 Å². The predicted molar refractivity (Wildman–Crippen MR) is 84.1 cm³/mol. The molecule has 1 aliphatic rings. The summed E-state index contributed by atoms with van der Waals surface area (Å²) < 4.78 is 0. The van der Waals surface area contributed by atoms with E-state index in [4.69, 9.17) is 0 Å². The van der Waals surface area contributed by atoms with Gasteiger partial charge in [-0.1, -0.05) is 37.3 Å². The highest BCUT2D eigenvalue weighted by molar-refractivity contribution is 5.89. The normalized spacial score (nSPS) is 17.9. The van der Waals surface area contributed by atoms with Crippen molar-refractivity contribution < 1.29 is 14.7 Å². The quantitative estimate of drug-likeness (QED) is 0.839. The second-order valence-electron chi connectivity index (χ2n) is 5.65. The SMILES string of the molecule is CCC(CO)NC(=O)C(c1ccccc1)N1CCCCC1=O. The number of amides is 2. The van der Waals surface area contributed by atoms with E-state index >= 15 is 0 Å². The average Bonchev–Trinajstić information content (AvgIpc) is 2.55. The van der Waals surface area contributed by atoms with Crippen molar-refractivity contribution in [3.63, 3.8) is 0 Å². The fourth-order valence-corrected chi connectivity index (χ4v) is 2.76. The Bertz CT molecular complexity index is 500. The van der Waals surface area contributed by atoms with Gasteiger partial charge in [0.1, 0.15) is 6.04 Å². The van der Waals surface area contributed by atoms with Crippen LogP contribution in [0.1, 0.15) is 44.2 Å². The first-order valence-corrected chi connectivity index (χ1v) is 7.93. The Hall–Kier alpha value is -1.88. The number of hydrogen-bond acceptors (Lipinski definition) is 3. The Kier molecular flexibility index (Phi) is 5.95. The molecule has 1 aromatic carbocycles. The lowest BCUT2D eigenvalue weighted by atomic mass is 10.00. The van der Waals surface area contributed by atoms with Crippen LogP contribution in [0.5, 0.6) is 0 Å². The molecule has 1 heterocycles. The summed E-state index contributed by atoms with van der Waals surface area (Å²) in [5.74, 6) is -0.199. The van der Waals surface area contributed by atoms with Crippen LogP contribution in [0, 0.1) is 0 Å². The number of benzene rings is 1. The molecule has 5 nitrogen and oxygen atoms in total. The summed E-state index contributed by atoms with van der Waals surface area (Å²) >= 11 is 0. The van der Waals surface area contributed by atoms with Crippen LogP contribution < -0.4 is 5.32 Å². The van der Waals surface area contributed by atoms with Crippen LogP contribution in [0.2, 0.25) is 0 Å². The number of aliphatic hydroxyl groups excluding tert-OH is 1. The Labute approximate surface area is 131 Å². The summed E-state index contributed by atoms with van der Waals surface area (Å²) in [5.41, 5.74) is 0.808. The van der Waals surface area contributed by atoms with Gasteiger partial charge in [-0.2, -0.15) is 0 Å². The van der Waals surface area contributed by atoms with Gasteiger partial charge >= 0.3 is 0 Å². The molecular weight excluding hydrogens is 280 g/mol. The van der Waals surface area contributed by atoms with Crippen LogP contribution in [0.15, 0.2) is 30.3 Å². The molecule has 2 amide bonds. The Balaban J connectivity index is 2.25. The van der Waals surface area contributed by atoms with Gasteiger partial charge in [0.15, 0.2) is 0 Å². The molecule has 120 valence electrons. The van der Waals surface area contributed by atoms with E-state index in [2.05, 4.69) is 5.32 Å². The third-order valence-corrected chi connectivity index (χ3v) is 4.09. The first-order valence-electron chi connectivity index (χ1n) is 7.93.